The molecule has 0 bridgehead atoms. The molecule has 1 heterocycles. The highest BCUT2D eigenvalue weighted by molar-refractivity contribution is 8.01. The number of hydrogen-bond donors (Lipinski definition) is 1. The van der Waals surface area contributed by atoms with Crippen molar-refractivity contribution in [3.63, 3.8) is 0 Å². The minimum Gasteiger partial charge on any atom is -0.493 e. The lowest BCUT2D eigenvalue weighted by molar-refractivity contribution is 0.354. The summed E-state index contributed by atoms with van der Waals surface area (Å²) < 4.78 is 11.4. The first-order chi connectivity index (χ1) is 11.1. The standard InChI is InChI=1S/C15H18ClN3O2S2/c1-10(16)9-22-15-19-18-14(23-15)17-7-6-11-4-5-12(20-2)13(8-11)21-3/h4-5,8H,1,6-7,9H2,2-3H3,(H,17,18). The summed E-state index contributed by atoms with van der Waals surface area (Å²) in [6.07, 6.45) is 0.848. The minimum atomic E-state index is 0.605. The summed E-state index contributed by atoms with van der Waals surface area (Å²) >= 11 is 8.78. The van der Waals surface area contributed by atoms with Gasteiger partial charge < -0.3 is 14.8 Å². The van der Waals surface area contributed by atoms with Gasteiger partial charge in [0.15, 0.2) is 15.8 Å². The zero-order valence-corrected chi connectivity index (χ0v) is 15.4. The van der Waals surface area contributed by atoms with E-state index in [2.05, 4.69) is 22.1 Å². The molecule has 0 radical (unpaired) electrons. The maximum absolute atomic E-state index is 5.74. The van der Waals surface area contributed by atoms with Gasteiger partial charge in [-0.15, -0.1) is 10.2 Å². The predicted octanol–water partition coefficient (Wildman–Crippen LogP) is 4.05. The molecule has 8 heteroatoms. The Morgan fingerprint density at radius 2 is 2.09 bits per heavy atom. The van der Waals surface area contributed by atoms with Gasteiger partial charge in [0, 0.05) is 17.3 Å². The van der Waals surface area contributed by atoms with Gasteiger partial charge in [-0.25, -0.2) is 0 Å². The average molecular weight is 372 g/mol. The summed E-state index contributed by atoms with van der Waals surface area (Å²) in [5, 5.41) is 12.9. The van der Waals surface area contributed by atoms with Gasteiger partial charge in [-0.3, -0.25) is 0 Å². The van der Waals surface area contributed by atoms with Gasteiger partial charge >= 0.3 is 0 Å². The molecule has 0 aliphatic carbocycles. The van der Waals surface area contributed by atoms with Gasteiger partial charge in [0.1, 0.15) is 0 Å². The lowest BCUT2D eigenvalue weighted by atomic mass is 10.1. The number of nitrogens with one attached hydrogen (secondary N) is 1. The largest absolute Gasteiger partial charge is 0.493 e. The SMILES string of the molecule is C=C(Cl)CSc1nnc(NCCc2ccc(OC)c(OC)c2)s1. The molecular weight excluding hydrogens is 354 g/mol. The van der Waals surface area contributed by atoms with E-state index in [1.165, 1.54) is 23.1 Å². The monoisotopic (exact) mass is 371 g/mol. The van der Waals surface area contributed by atoms with E-state index >= 15 is 0 Å². The van der Waals surface area contributed by atoms with E-state index in [9.17, 15) is 0 Å². The van der Waals surface area contributed by atoms with Gasteiger partial charge in [-0.05, 0) is 24.1 Å². The molecule has 2 rings (SSSR count). The number of halogens is 1. The smallest absolute Gasteiger partial charge is 0.206 e. The van der Waals surface area contributed by atoms with E-state index in [0.717, 1.165) is 39.5 Å². The zero-order valence-electron chi connectivity index (χ0n) is 13.0. The first kappa shape index (κ1) is 17.9. The molecule has 0 saturated carbocycles. The molecule has 0 saturated heterocycles. The summed E-state index contributed by atoms with van der Waals surface area (Å²) in [5.41, 5.74) is 1.16. The van der Waals surface area contributed by atoms with Gasteiger partial charge in [0.2, 0.25) is 5.13 Å². The summed E-state index contributed by atoms with van der Waals surface area (Å²) in [7, 11) is 3.26. The second-order valence-electron chi connectivity index (χ2n) is 4.55. The normalized spacial score (nSPS) is 10.4. The fraction of sp³-hybridized carbons (Fsp3) is 0.333. The lowest BCUT2D eigenvalue weighted by Crippen LogP contribution is -2.04. The molecule has 124 valence electrons. The molecule has 0 aliphatic rings. The molecule has 0 amide bonds. The zero-order chi connectivity index (χ0) is 16.7. The molecule has 1 N–H and O–H groups in total. The Morgan fingerprint density at radius 3 is 2.78 bits per heavy atom. The summed E-state index contributed by atoms with van der Waals surface area (Å²) in [6.45, 7) is 4.41. The number of nitrogens with zero attached hydrogens (tertiary/aromatic N) is 2. The van der Waals surface area contributed by atoms with Crippen molar-refractivity contribution in [3.05, 3.63) is 35.4 Å². The van der Waals surface area contributed by atoms with Crippen LogP contribution in [-0.4, -0.2) is 36.7 Å². The van der Waals surface area contributed by atoms with Crippen molar-refractivity contribution in [2.24, 2.45) is 0 Å². The Labute approximate surface area is 149 Å². The highest BCUT2D eigenvalue weighted by atomic mass is 35.5. The highest BCUT2D eigenvalue weighted by Crippen LogP contribution is 2.29. The fourth-order valence-corrected chi connectivity index (χ4v) is 3.52. The number of benzene rings is 1. The van der Waals surface area contributed by atoms with Gasteiger partial charge in [0.25, 0.3) is 0 Å². The summed E-state index contributed by atoms with van der Waals surface area (Å²) in [5.74, 6) is 2.11. The molecule has 0 unspecified atom stereocenters. The topological polar surface area (TPSA) is 56.3 Å². The maximum Gasteiger partial charge on any atom is 0.206 e. The van der Waals surface area contributed by atoms with Crippen molar-refractivity contribution in [2.75, 3.05) is 31.8 Å². The van der Waals surface area contributed by atoms with E-state index in [1.54, 1.807) is 14.2 Å². The van der Waals surface area contributed by atoms with Crippen molar-refractivity contribution in [3.8, 4) is 11.5 Å². The number of anilines is 1. The third-order valence-electron chi connectivity index (χ3n) is 2.90. The van der Waals surface area contributed by atoms with Crippen LogP contribution in [0.2, 0.25) is 0 Å². The van der Waals surface area contributed by atoms with Crippen LogP contribution in [0.25, 0.3) is 0 Å². The van der Waals surface area contributed by atoms with Crippen molar-refractivity contribution in [2.45, 2.75) is 10.8 Å². The van der Waals surface area contributed by atoms with Crippen molar-refractivity contribution in [1.82, 2.24) is 10.2 Å². The van der Waals surface area contributed by atoms with Crippen LogP contribution in [0.4, 0.5) is 5.13 Å². The van der Waals surface area contributed by atoms with Gasteiger partial charge in [-0.1, -0.05) is 47.3 Å². The van der Waals surface area contributed by atoms with E-state index in [-0.39, 0.29) is 0 Å². The highest BCUT2D eigenvalue weighted by Gasteiger charge is 2.06. The Bertz CT molecular complexity index is 664. The first-order valence-electron chi connectivity index (χ1n) is 6.86. The van der Waals surface area contributed by atoms with Crippen LogP contribution >= 0.6 is 34.7 Å². The van der Waals surface area contributed by atoms with Crippen LogP contribution in [0.3, 0.4) is 0 Å². The number of hydrogen-bond acceptors (Lipinski definition) is 7. The number of ether oxygens (including phenoxy) is 2. The van der Waals surface area contributed by atoms with Crippen molar-refractivity contribution in [1.29, 1.82) is 0 Å². The first-order valence-corrected chi connectivity index (χ1v) is 9.04. The molecule has 0 spiro atoms. The molecule has 0 aliphatic heterocycles. The van der Waals surface area contributed by atoms with Crippen LogP contribution in [0, 0.1) is 0 Å². The molecule has 2 aromatic rings. The number of thioether (sulfide) groups is 1. The van der Waals surface area contributed by atoms with Crippen LogP contribution in [0.5, 0.6) is 11.5 Å². The molecule has 0 atom stereocenters. The van der Waals surface area contributed by atoms with E-state index in [1.807, 2.05) is 18.2 Å². The number of rotatable bonds is 9. The van der Waals surface area contributed by atoms with Gasteiger partial charge in [0.05, 0.1) is 14.2 Å². The number of aromatic nitrogens is 2. The second kappa shape index (κ2) is 9.00. The predicted molar refractivity (Wildman–Crippen MR) is 97.4 cm³/mol. The minimum absolute atomic E-state index is 0.605. The average Bonchev–Trinajstić information content (AvgIpc) is 3.00. The summed E-state index contributed by atoms with van der Waals surface area (Å²) in [4.78, 5) is 0. The molecule has 23 heavy (non-hydrogen) atoms. The van der Waals surface area contributed by atoms with E-state index < -0.39 is 0 Å². The van der Waals surface area contributed by atoms with E-state index in [0.29, 0.717) is 10.8 Å². The second-order valence-corrected chi connectivity index (χ2v) is 7.28. The van der Waals surface area contributed by atoms with Crippen LogP contribution in [0.15, 0.2) is 34.1 Å². The van der Waals surface area contributed by atoms with Crippen molar-refractivity contribution < 1.29 is 9.47 Å². The Balaban J connectivity index is 1.84. The Hall–Kier alpha value is -1.44. The fourth-order valence-electron chi connectivity index (χ4n) is 1.83. The van der Waals surface area contributed by atoms with E-state index in [4.69, 9.17) is 21.1 Å². The van der Waals surface area contributed by atoms with Crippen LogP contribution in [0.1, 0.15) is 5.56 Å². The maximum atomic E-state index is 5.74. The summed E-state index contributed by atoms with van der Waals surface area (Å²) in [6, 6.07) is 5.91. The lowest BCUT2D eigenvalue weighted by Gasteiger charge is -2.09. The molecule has 1 aromatic carbocycles. The number of methoxy groups -OCH3 is 2. The van der Waals surface area contributed by atoms with Gasteiger partial charge in [-0.2, -0.15) is 0 Å². The quantitative estimate of drug-likeness (QED) is 0.671. The van der Waals surface area contributed by atoms with Crippen LogP contribution in [-0.2, 0) is 6.42 Å². The third kappa shape index (κ3) is 5.60. The van der Waals surface area contributed by atoms with Crippen LogP contribution < -0.4 is 14.8 Å². The third-order valence-corrected chi connectivity index (χ3v) is 5.29. The van der Waals surface area contributed by atoms with Crippen molar-refractivity contribution >= 4 is 39.8 Å². The Kier molecular flexibility index (Phi) is 7.01. The molecule has 5 nitrogen and oxygen atoms in total. The molecule has 1 aromatic heterocycles. The Morgan fingerprint density at radius 1 is 1.30 bits per heavy atom. The molecular formula is C15H18ClN3O2S2. The molecule has 0 fully saturated rings.